The number of rotatable bonds is 3. The maximum atomic E-state index is 11.9. The third-order valence-corrected chi connectivity index (χ3v) is 3.08. The lowest BCUT2D eigenvalue weighted by molar-refractivity contribution is 0.0955. The van der Waals surface area contributed by atoms with Crippen molar-refractivity contribution < 1.29 is 4.79 Å². The molecule has 0 fully saturated rings. The molecule has 0 saturated heterocycles. The summed E-state index contributed by atoms with van der Waals surface area (Å²) in [5.74, 6) is -0.387. The number of benzene rings is 1. The van der Waals surface area contributed by atoms with Crippen molar-refractivity contribution in [1.29, 1.82) is 0 Å². The molecule has 1 amide bonds. The van der Waals surface area contributed by atoms with E-state index >= 15 is 0 Å². The fourth-order valence-electron chi connectivity index (χ4n) is 1.98. The van der Waals surface area contributed by atoms with Gasteiger partial charge in [-0.2, -0.15) is 5.10 Å². The first-order valence-electron chi connectivity index (χ1n) is 6.59. The van der Waals surface area contributed by atoms with E-state index in [9.17, 15) is 9.59 Å². The highest BCUT2D eigenvalue weighted by Crippen LogP contribution is 2.08. The van der Waals surface area contributed by atoms with Crippen molar-refractivity contribution in [3.63, 3.8) is 0 Å². The number of nitrogens with one attached hydrogen (secondary N) is 2. The molecule has 0 aliphatic carbocycles. The standard InChI is InChI=1S/C16H12N4O2/c21-15-13(8-11-4-1-2-6-14(11)19-15)10-18-20-16(22)12-5-3-7-17-9-12/h1-10H,(H,19,21)(H,20,22)/b18-10-. The molecule has 0 atom stereocenters. The van der Waals surface area contributed by atoms with Crippen LogP contribution in [0.2, 0.25) is 0 Å². The lowest BCUT2D eigenvalue weighted by Crippen LogP contribution is -2.19. The van der Waals surface area contributed by atoms with Crippen LogP contribution in [0.4, 0.5) is 0 Å². The summed E-state index contributed by atoms with van der Waals surface area (Å²) in [6.45, 7) is 0. The second kappa shape index (κ2) is 6.01. The van der Waals surface area contributed by atoms with Crippen LogP contribution in [0.25, 0.3) is 10.9 Å². The number of nitrogens with zero attached hydrogens (tertiary/aromatic N) is 2. The first-order valence-corrected chi connectivity index (χ1v) is 6.59. The summed E-state index contributed by atoms with van der Waals surface area (Å²) >= 11 is 0. The average molecular weight is 292 g/mol. The van der Waals surface area contributed by atoms with Gasteiger partial charge in [-0.25, -0.2) is 5.43 Å². The number of carbonyl (C=O) groups excluding carboxylic acids is 1. The Kier molecular flexibility index (Phi) is 3.74. The van der Waals surface area contributed by atoms with Gasteiger partial charge in [-0.1, -0.05) is 18.2 Å². The van der Waals surface area contributed by atoms with Crippen molar-refractivity contribution in [3.05, 3.63) is 76.3 Å². The summed E-state index contributed by atoms with van der Waals surface area (Å²) in [5.41, 5.74) is 3.61. The molecule has 1 aromatic carbocycles. The fourth-order valence-corrected chi connectivity index (χ4v) is 1.98. The summed E-state index contributed by atoms with van der Waals surface area (Å²) in [6, 6.07) is 12.4. The van der Waals surface area contributed by atoms with Gasteiger partial charge in [0.2, 0.25) is 0 Å². The van der Waals surface area contributed by atoms with Crippen molar-refractivity contribution in [1.82, 2.24) is 15.4 Å². The van der Waals surface area contributed by atoms with Gasteiger partial charge in [0.15, 0.2) is 0 Å². The first kappa shape index (κ1) is 13.7. The summed E-state index contributed by atoms with van der Waals surface area (Å²) in [4.78, 5) is 30.3. The van der Waals surface area contributed by atoms with Crippen molar-refractivity contribution in [2.75, 3.05) is 0 Å². The van der Waals surface area contributed by atoms with Gasteiger partial charge in [-0.15, -0.1) is 0 Å². The maximum Gasteiger partial charge on any atom is 0.272 e. The molecule has 3 aromatic rings. The summed E-state index contributed by atoms with van der Waals surface area (Å²) in [5, 5.41) is 4.70. The number of amides is 1. The predicted octanol–water partition coefficient (Wildman–Crippen LogP) is 1.69. The summed E-state index contributed by atoms with van der Waals surface area (Å²) in [7, 11) is 0. The zero-order valence-corrected chi connectivity index (χ0v) is 11.5. The predicted molar refractivity (Wildman–Crippen MR) is 83.9 cm³/mol. The van der Waals surface area contributed by atoms with Gasteiger partial charge >= 0.3 is 0 Å². The molecule has 0 unspecified atom stereocenters. The molecular formula is C16H12N4O2. The molecule has 0 saturated carbocycles. The van der Waals surface area contributed by atoms with Crippen LogP contribution in [0, 0.1) is 0 Å². The highest BCUT2D eigenvalue weighted by Gasteiger charge is 2.03. The van der Waals surface area contributed by atoms with E-state index in [2.05, 4.69) is 20.5 Å². The van der Waals surface area contributed by atoms with Gasteiger partial charge in [0.05, 0.1) is 17.3 Å². The molecule has 0 spiro atoms. The Labute approximate surface area is 125 Å². The van der Waals surface area contributed by atoms with Crippen LogP contribution < -0.4 is 11.0 Å². The molecule has 0 bridgehead atoms. The Morgan fingerprint density at radius 2 is 2.09 bits per heavy atom. The Balaban J connectivity index is 1.80. The van der Waals surface area contributed by atoms with Gasteiger partial charge in [0, 0.05) is 17.9 Å². The Morgan fingerprint density at radius 3 is 2.91 bits per heavy atom. The molecule has 2 aromatic heterocycles. The molecule has 22 heavy (non-hydrogen) atoms. The van der Waals surface area contributed by atoms with E-state index in [4.69, 9.17) is 0 Å². The minimum atomic E-state index is -0.387. The highest BCUT2D eigenvalue weighted by atomic mass is 16.2. The summed E-state index contributed by atoms with van der Waals surface area (Å²) < 4.78 is 0. The molecular weight excluding hydrogens is 280 g/mol. The number of aromatic nitrogens is 2. The maximum absolute atomic E-state index is 11.9. The van der Waals surface area contributed by atoms with E-state index in [-0.39, 0.29) is 11.5 Å². The Morgan fingerprint density at radius 1 is 1.23 bits per heavy atom. The molecule has 0 aliphatic rings. The quantitative estimate of drug-likeness (QED) is 0.569. The van der Waals surface area contributed by atoms with Crippen LogP contribution in [0.5, 0.6) is 0 Å². The largest absolute Gasteiger partial charge is 0.321 e. The van der Waals surface area contributed by atoms with Crippen molar-refractivity contribution in [2.45, 2.75) is 0 Å². The number of H-pyrrole nitrogens is 1. The molecule has 6 heteroatoms. The van der Waals surface area contributed by atoms with E-state index < -0.39 is 0 Å². The average Bonchev–Trinajstić information content (AvgIpc) is 2.56. The second-order valence-electron chi connectivity index (χ2n) is 4.58. The van der Waals surface area contributed by atoms with Crippen LogP contribution in [-0.2, 0) is 0 Å². The van der Waals surface area contributed by atoms with Gasteiger partial charge in [0.25, 0.3) is 11.5 Å². The number of hydrazone groups is 1. The van der Waals surface area contributed by atoms with Crippen molar-refractivity contribution in [2.24, 2.45) is 5.10 Å². The molecule has 0 aliphatic heterocycles. The highest BCUT2D eigenvalue weighted by molar-refractivity contribution is 5.94. The van der Waals surface area contributed by atoms with Crippen LogP contribution in [-0.4, -0.2) is 22.1 Å². The van der Waals surface area contributed by atoms with Crippen LogP contribution in [0.3, 0.4) is 0 Å². The topological polar surface area (TPSA) is 87.2 Å². The Bertz CT molecular complexity index is 901. The number of hydrogen-bond donors (Lipinski definition) is 2. The van der Waals surface area contributed by atoms with Crippen LogP contribution >= 0.6 is 0 Å². The van der Waals surface area contributed by atoms with E-state index in [1.54, 1.807) is 24.4 Å². The van der Waals surface area contributed by atoms with Gasteiger partial charge in [-0.3, -0.25) is 14.6 Å². The minimum Gasteiger partial charge on any atom is -0.321 e. The third kappa shape index (κ3) is 2.90. The van der Waals surface area contributed by atoms with Gasteiger partial charge in [-0.05, 0) is 29.7 Å². The zero-order chi connectivity index (χ0) is 15.4. The molecule has 108 valence electrons. The second-order valence-corrected chi connectivity index (χ2v) is 4.58. The number of fused-ring (bicyclic) bond motifs is 1. The number of carbonyl (C=O) groups is 1. The van der Waals surface area contributed by atoms with Crippen LogP contribution in [0.15, 0.2) is 64.8 Å². The summed E-state index contributed by atoms with van der Waals surface area (Å²) in [6.07, 6.45) is 4.34. The Hall–Kier alpha value is -3.28. The monoisotopic (exact) mass is 292 g/mol. The molecule has 2 N–H and O–H groups in total. The lowest BCUT2D eigenvalue weighted by Gasteiger charge is -2.00. The molecule has 0 radical (unpaired) electrons. The number of para-hydroxylation sites is 1. The molecule has 3 rings (SSSR count). The SMILES string of the molecule is O=C(N/N=C\c1cc2ccccc2[nH]c1=O)c1cccnc1. The third-order valence-electron chi connectivity index (χ3n) is 3.08. The minimum absolute atomic E-state index is 0.266. The normalized spacial score (nSPS) is 10.9. The van der Waals surface area contributed by atoms with Crippen molar-refractivity contribution >= 4 is 23.0 Å². The van der Waals surface area contributed by atoms with Crippen molar-refractivity contribution in [3.8, 4) is 0 Å². The molecule has 2 heterocycles. The number of pyridine rings is 2. The van der Waals surface area contributed by atoms with Gasteiger partial charge < -0.3 is 4.98 Å². The smallest absolute Gasteiger partial charge is 0.272 e. The van der Waals surface area contributed by atoms with Gasteiger partial charge in [0.1, 0.15) is 0 Å². The van der Waals surface area contributed by atoms with E-state index in [0.29, 0.717) is 11.1 Å². The fraction of sp³-hybridized carbons (Fsp3) is 0. The molecule has 6 nitrogen and oxygen atoms in total. The lowest BCUT2D eigenvalue weighted by atomic mass is 10.2. The first-order chi connectivity index (χ1) is 10.7. The zero-order valence-electron chi connectivity index (χ0n) is 11.5. The van der Waals surface area contributed by atoms with Crippen LogP contribution in [0.1, 0.15) is 15.9 Å². The van der Waals surface area contributed by atoms with E-state index in [1.165, 1.54) is 12.4 Å². The number of hydrogen-bond acceptors (Lipinski definition) is 4. The van der Waals surface area contributed by atoms with E-state index in [0.717, 1.165) is 10.9 Å². The number of aromatic amines is 1. The van der Waals surface area contributed by atoms with E-state index in [1.807, 2.05) is 24.3 Å².